The summed E-state index contributed by atoms with van der Waals surface area (Å²) in [7, 11) is 0. The molecule has 0 fully saturated rings. The van der Waals surface area contributed by atoms with Gasteiger partial charge < -0.3 is 5.32 Å². The van der Waals surface area contributed by atoms with Gasteiger partial charge in [-0.3, -0.25) is 0 Å². The molecule has 0 aromatic heterocycles. The van der Waals surface area contributed by atoms with Gasteiger partial charge in [0.25, 0.3) is 0 Å². The molecule has 0 atom stereocenters. The fourth-order valence-corrected chi connectivity index (χ4v) is 1.92. The Morgan fingerprint density at radius 2 is 1.67 bits per heavy atom. The normalized spacial score (nSPS) is 10.4. The lowest BCUT2D eigenvalue weighted by Crippen LogP contribution is -2.04. The van der Waals surface area contributed by atoms with E-state index in [1.54, 1.807) is 6.07 Å². The van der Waals surface area contributed by atoms with Gasteiger partial charge in [0.05, 0.1) is 0 Å². The van der Waals surface area contributed by atoms with Gasteiger partial charge in [-0.2, -0.15) is 0 Å². The van der Waals surface area contributed by atoms with E-state index in [0.717, 1.165) is 17.3 Å². The van der Waals surface area contributed by atoms with Crippen LogP contribution in [0.4, 0.5) is 14.5 Å². The van der Waals surface area contributed by atoms with E-state index >= 15 is 0 Å². The van der Waals surface area contributed by atoms with Crippen LogP contribution in [0.1, 0.15) is 11.1 Å². The number of hydrogen-bond donors (Lipinski definition) is 1. The molecule has 0 saturated carbocycles. The summed E-state index contributed by atoms with van der Waals surface area (Å²) < 4.78 is 26.5. The third kappa shape index (κ3) is 2.79. The van der Waals surface area contributed by atoms with Crippen molar-refractivity contribution in [1.29, 1.82) is 0 Å². The first-order valence-electron chi connectivity index (χ1n) is 5.53. The van der Waals surface area contributed by atoms with Crippen LogP contribution >= 0.6 is 11.6 Å². The molecule has 0 amide bonds. The predicted octanol–water partition coefficient (Wildman–Crippen LogP) is 4.32. The SMILES string of the molecule is Fc1cccc(CNc2ccccc2CCl)c1F. The molecule has 0 spiro atoms. The lowest BCUT2D eigenvalue weighted by molar-refractivity contribution is 0.500. The molecule has 0 aliphatic rings. The highest BCUT2D eigenvalue weighted by Crippen LogP contribution is 2.19. The summed E-state index contributed by atoms with van der Waals surface area (Å²) in [5, 5.41) is 3.06. The van der Waals surface area contributed by atoms with E-state index in [-0.39, 0.29) is 6.54 Å². The highest BCUT2D eigenvalue weighted by molar-refractivity contribution is 6.17. The van der Waals surface area contributed by atoms with Crippen LogP contribution in [0.5, 0.6) is 0 Å². The fraction of sp³-hybridized carbons (Fsp3) is 0.143. The van der Waals surface area contributed by atoms with Gasteiger partial charge in [0.1, 0.15) is 0 Å². The molecule has 0 unspecified atom stereocenters. The molecule has 2 aromatic rings. The van der Waals surface area contributed by atoms with Crippen LogP contribution in [-0.2, 0) is 12.4 Å². The number of hydrogen-bond acceptors (Lipinski definition) is 1. The van der Waals surface area contributed by atoms with Crippen LogP contribution in [0.15, 0.2) is 42.5 Å². The summed E-state index contributed by atoms with van der Waals surface area (Å²) in [4.78, 5) is 0. The number of alkyl halides is 1. The number of para-hydroxylation sites is 1. The summed E-state index contributed by atoms with van der Waals surface area (Å²) in [5.74, 6) is -1.28. The molecule has 0 aliphatic heterocycles. The van der Waals surface area contributed by atoms with Crippen LogP contribution in [0.25, 0.3) is 0 Å². The second-order valence-electron chi connectivity index (χ2n) is 3.86. The molecule has 94 valence electrons. The predicted molar refractivity (Wildman–Crippen MR) is 69.7 cm³/mol. The van der Waals surface area contributed by atoms with E-state index in [1.165, 1.54) is 6.07 Å². The minimum Gasteiger partial charge on any atom is -0.381 e. The van der Waals surface area contributed by atoms with Gasteiger partial charge in [-0.25, -0.2) is 8.78 Å². The number of anilines is 1. The van der Waals surface area contributed by atoms with Crippen molar-refractivity contribution < 1.29 is 8.78 Å². The van der Waals surface area contributed by atoms with Crippen molar-refractivity contribution in [2.24, 2.45) is 0 Å². The van der Waals surface area contributed by atoms with Gasteiger partial charge in [-0.05, 0) is 17.7 Å². The van der Waals surface area contributed by atoms with Crippen molar-refractivity contribution in [2.75, 3.05) is 5.32 Å². The topological polar surface area (TPSA) is 12.0 Å². The molecule has 4 heteroatoms. The van der Waals surface area contributed by atoms with Crippen LogP contribution in [0.2, 0.25) is 0 Å². The fourth-order valence-electron chi connectivity index (χ4n) is 1.68. The van der Waals surface area contributed by atoms with Gasteiger partial charge >= 0.3 is 0 Å². The number of halogens is 3. The lowest BCUT2D eigenvalue weighted by atomic mass is 10.1. The van der Waals surface area contributed by atoms with Crippen molar-refractivity contribution in [2.45, 2.75) is 12.4 Å². The van der Waals surface area contributed by atoms with Crippen molar-refractivity contribution in [3.63, 3.8) is 0 Å². The quantitative estimate of drug-likeness (QED) is 0.814. The molecular formula is C14H12ClF2N. The molecule has 0 saturated heterocycles. The highest BCUT2D eigenvalue weighted by Gasteiger charge is 2.07. The van der Waals surface area contributed by atoms with Crippen molar-refractivity contribution in [1.82, 2.24) is 0 Å². The zero-order valence-electron chi connectivity index (χ0n) is 9.59. The molecule has 0 bridgehead atoms. The van der Waals surface area contributed by atoms with Gasteiger partial charge in [0, 0.05) is 23.7 Å². The van der Waals surface area contributed by atoms with Crippen molar-refractivity contribution >= 4 is 17.3 Å². The number of nitrogens with one attached hydrogen (secondary N) is 1. The number of rotatable bonds is 4. The maximum absolute atomic E-state index is 13.4. The zero-order chi connectivity index (χ0) is 13.0. The molecule has 2 rings (SSSR count). The van der Waals surface area contributed by atoms with E-state index in [2.05, 4.69) is 5.32 Å². The third-order valence-corrected chi connectivity index (χ3v) is 2.95. The summed E-state index contributed by atoms with van der Waals surface area (Å²) in [6, 6.07) is 11.6. The van der Waals surface area contributed by atoms with E-state index in [1.807, 2.05) is 24.3 Å². The minimum atomic E-state index is -0.833. The van der Waals surface area contributed by atoms with E-state index in [4.69, 9.17) is 11.6 Å². The first-order valence-corrected chi connectivity index (χ1v) is 6.06. The van der Waals surface area contributed by atoms with Crippen LogP contribution in [0, 0.1) is 11.6 Å². The van der Waals surface area contributed by atoms with Crippen molar-refractivity contribution in [3.8, 4) is 0 Å². The Bertz CT molecular complexity index is 543. The third-order valence-electron chi connectivity index (χ3n) is 2.66. The summed E-state index contributed by atoms with van der Waals surface area (Å²) >= 11 is 5.80. The molecule has 0 heterocycles. The second kappa shape index (κ2) is 5.83. The largest absolute Gasteiger partial charge is 0.381 e. The average Bonchev–Trinajstić information content (AvgIpc) is 2.41. The maximum Gasteiger partial charge on any atom is 0.163 e. The molecule has 2 aromatic carbocycles. The monoisotopic (exact) mass is 267 g/mol. The smallest absolute Gasteiger partial charge is 0.163 e. The summed E-state index contributed by atoms with van der Waals surface area (Å²) in [5.41, 5.74) is 2.05. The lowest BCUT2D eigenvalue weighted by Gasteiger charge is -2.11. The van der Waals surface area contributed by atoms with Gasteiger partial charge in [-0.15, -0.1) is 11.6 Å². The van der Waals surface area contributed by atoms with Crippen LogP contribution in [-0.4, -0.2) is 0 Å². The molecule has 18 heavy (non-hydrogen) atoms. The number of benzene rings is 2. The van der Waals surface area contributed by atoms with E-state index < -0.39 is 11.6 Å². The molecular weight excluding hydrogens is 256 g/mol. The van der Waals surface area contributed by atoms with Gasteiger partial charge in [-0.1, -0.05) is 30.3 Å². The zero-order valence-corrected chi connectivity index (χ0v) is 10.3. The average molecular weight is 268 g/mol. The molecule has 1 N–H and O–H groups in total. The van der Waals surface area contributed by atoms with Gasteiger partial charge in [0.15, 0.2) is 11.6 Å². The molecule has 0 aliphatic carbocycles. The highest BCUT2D eigenvalue weighted by atomic mass is 35.5. The molecule has 0 radical (unpaired) electrons. The first-order chi connectivity index (χ1) is 8.72. The Morgan fingerprint density at radius 3 is 2.44 bits per heavy atom. The van der Waals surface area contributed by atoms with E-state index in [9.17, 15) is 8.78 Å². The Kier molecular flexibility index (Phi) is 4.15. The maximum atomic E-state index is 13.4. The Labute approximate surface area is 109 Å². The van der Waals surface area contributed by atoms with Crippen LogP contribution < -0.4 is 5.32 Å². The standard InChI is InChI=1S/C14H12ClF2N/c15-8-10-4-1-2-7-13(10)18-9-11-5-3-6-12(16)14(11)17/h1-7,18H,8-9H2. The van der Waals surface area contributed by atoms with Crippen molar-refractivity contribution in [3.05, 3.63) is 65.2 Å². The minimum absolute atomic E-state index is 0.220. The molecule has 1 nitrogen and oxygen atoms in total. The van der Waals surface area contributed by atoms with E-state index in [0.29, 0.717) is 11.4 Å². The second-order valence-corrected chi connectivity index (χ2v) is 4.12. The Balaban J connectivity index is 2.14. The first kappa shape index (κ1) is 12.8. The van der Waals surface area contributed by atoms with Crippen LogP contribution in [0.3, 0.4) is 0 Å². The summed E-state index contributed by atoms with van der Waals surface area (Å²) in [6.07, 6.45) is 0. The Morgan fingerprint density at radius 1 is 0.944 bits per heavy atom. The summed E-state index contributed by atoms with van der Waals surface area (Å²) in [6.45, 7) is 0.220. The Hall–Kier alpha value is -1.61. The van der Waals surface area contributed by atoms with Gasteiger partial charge in [0.2, 0.25) is 0 Å².